The van der Waals surface area contributed by atoms with Crippen molar-refractivity contribution in [2.45, 2.75) is 0 Å². The molecule has 20 heavy (non-hydrogen) atoms. The average Bonchev–Trinajstić information content (AvgIpc) is 2.42. The van der Waals surface area contributed by atoms with Gasteiger partial charge in [-0.05, 0) is 24.3 Å². The number of carbonyl (C=O) groups is 1. The van der Waals surface area contributed by atoms with Crippen LogP contribution in [0.4, 0.5) is 0 Å². The van der Waals surface area contributed by atoms with E-state index in [0.29, 0.717) is 5.02 Å². The minimum atomic E-state index is -0.405. The highest BCUT2D eigenvalue weighted by molar-refractivity contribution is 6.32. The van der Waals surface area contributed by atoms with Crippen LogP contribution in [0.2, 0.25) is 5.02 Å². The molecule has 0 N–H and O–H groups in total. The Kier molecular flexibility index (Phi) is 5.57. The molecule has 0 aliphatic rings. The first-order chi connectivity index (χ1) is 9.38. The number of ether oxygens (including phenoxy) is 1. The quantitative estimate of drug-likeness (QED) is 0.354. The van der Waals surface area contributed by atoms with E-state index >= 15 is 0 Å². The lowest BCUT2D eigenvalue weighted by atomic mass is 10.00. The number of methoxy groups -OCH3 is 1. The number of hydrogen-bond acceptors (Lipinski definition) is 3. The molecule has 0 aliphatic heterocycles. The number of halogens is 2. The third-order valence-electron chi connectivity index (χ3n) is 2.38. The highest BCUT2D eigenvalue weighted by Crippen LogP contribution is 2.22. The normalized spacial score (nSPS) is 10.6. The van der Waals surface area contributed by atoms with Gasteiger partial charge in [-0.2, -0.15) is 5.26 Å². The van der Waals surface area contributed by atoms with Gasteiger partial charge in [-0.3, -0.25) is 4.79 Å². The lowest BCUT2D eigenvalue weighted by molar-refractivity contribution is 0.102. The Labute approximate surface area is 127 Å². The van der Waals surface area contributed by atoms with Crippen LogP contribution in [-0.2, 0) is 4.74 Å². The Balaban J connectivity index is 3.34. The maximum Gasteiger partial charge on any atom is 0.196 e. The summed E-state index contributed by atoms with van der Waals surface area (Å²) in [6.45, 7) is 7.13. The smallest absolute Gasteiger partial charge is 0.196 e. The van der Waals surface area contributed by atoms with Gasteiger partial charge in [0.05, 0.1) is 24.3 Å². The van der Waals surface area contributed by atoms with Crippen molar-refractivity contribution in [3.63, 3.8) is 0 Å². The van der Waals surface area contributed by atoms with E-state index in [1.165, 1.54) is 31.4 Å². The maximum absolute atomic E-state index is 12.4. The molecule has 0 heterocycles. The summed E-state index contributed by atoms with van der Waals surface area (Å²) in [6.07, 6.45) is 1.35. The predicted molar refractivity (Wildman–Crippen MR) is 79.7 cm³/mol. The first kappa shape index (κ1) is 16.0. The molecule has 0 aliphatic carbocycles. The van der Waals surface area contributed by atoms with Crippen molar-refractivity contribution in [3.05, 3.63) is 69.9 Å². The summed E-state index contributed by atoms with van der Waals surface area (Å²) in [4.78, 5) is 12.4. The van der Waals surface area contributed by atoms with E-state index < -0.39 is 5.78 Å². The van der Waals surface area contributed by atoms with Crippen molar-refractivity contribution in [2.24, 2.45) is 0 Å². The number of benzene rings is 1. The van der Waals surface area contributed by atoms with Crippen LogP contribution in [-0.4, -0.2) is 12.9 Å². The summed E-state index contributed by atoms with van der Waals surface area (Å²) in [5.41, 5.74) is 0.683. The minimum Gasteiger partial charge on any atom is -0.497 e. The molecular formula is C15H11Cl2NO2. The van der Waals surface area contributed by atoms with E-state index in [1.807, 2.05) is 6.07 Å². The number of rotatable bonds is 5. The molecule has 1 aromatic rings. The molecule has 0 fully saturated rings. The van der Waals surface area contributed by atoms with E-state index in [0.717, 1.165) is 0 Å². The first-order valence-corrected chi connectivity index (χ1v) is 6.19. The number of carbonyl (C=O) groups excluding carboxylic acids is 1. The Bertz CT molecular complexity index is 654. The molecule has 3 nitrogen and oxygen atoms in total. The van der Waals surface area contributed by atoms with E-state index in [9.17, 15) is 4.79 Å². The van der Waals surface area contributed by atoms with Gasteiger partial charge in [0.25, 0.3) is 0 Å². The van der Waals surface area contributed by atoms with Crippen LogP contribution in [0.1, 0.15) is 15.9 Å². The van der Waals surface area contributed by atoms with Crippen molar-refractivity contribution in [2.75, 3.05) is 7.11 Å². The standard InChI is InChI=1S/C15H11Cl2NO2/c1-9(16)4-14(10(2)20-3)15(19)12-5-11(8-18)6-13(17)7-12/h4-7H,1-2H2,3H3/b14-4+. The first-order valence-electron chi connectivity index (χ1n) is 5.43. The second kappa shape index (κ2) is 6.95. The van der Waals surface area contributed by atoms with Crippen LogP contribution in [0.3, 0.4) is 0 Å². The SMILES string of the molecule is C=C(Cl)/C=C(\C(=C)OC)C(=O)c1cc(Cl)cc(C#N)c1. The van der Waals surface area contributed by atoms with E-state index in [1.54, 1.807) is 0 Å². The van der Waals surface area contributed by atoms with Crippen molar-refractivity contribution in [1.82, 2.24) is 0 Å². The Morgan fingerprint density at radius 2 is 2.05 bits per heavy atom. The van der Waals surface area contributed by atoms with Crippen molar-refractivity contribution < 1.29 is 9.53 Å². The van der Waals surface area contributed by atoms with Crippen LogP contribution < -0.4 is 0 Å². The van der Waals surface area contributed by atoms with Crippen LogP contribution in [0.15, 0.2) is 53.8 Å². The number of nitrogens with zero attached hydrogens (tertiary/aromatic N) is 1. The van der Waals surface area contributed by atoms with Gasteiger partial charge in [-0.15, -0.1) is 0 Å². The fourth-order valence-electron chi connectivity index (χ4n) is 1.48. The molecule has 0 bridgehead atoms. The maximum atomic E-state index is 12.4. The van der Waals surface area contributed by atoms with Crippen molar-refractivity contribution in [1.29, 1.82) is 5.26 Å². The van der Waals surface area contributed by atoms with Gasteiger partial charge in [0, 0.05) is 15.6 Å². The van der Waals surface area contributed by atoms with E-state index in [-0.39, 0.29) is 27.5 Å². The molecule has 0 saturated carbocycles. The predicted octanol–water partition coefficient (Wildman–Crippen LogP) is 4.23. The molecule has 0 unspecified atom stereocenters. The highest BCUT2D eigenvalue weighted by atomic mass is 35.5. The Morgan fingerprint density at radius 3 is 2.55 bits per heavy atom. The average molecular weight is 308 g/mol. The summed E-state index contributed by atoms with van der Waals surface area (Å²) in [6, 6.07) is 6.29. The van der Waals surface area contributed by atoms with Gasteiger partial charge in [0.1, 0.15) is 5.76 Å². The number of nitriles is 1. The summed E-state index contributed by atoms with van der Waals surface area (Å²) in [7, 11) is 1.39. The molecule has 1 rings (SSSR count). The molecular weight excluding hydrogens is 297 g/mol. The number of Topliss-reactive ketones (excluding diaryl/α,β-unsaturated/α-hetero) is 1. The highest BCUT2D eigenvalue weighted by Gasteiger charge is 2.17. The molecule has 0 radical (unpaired) electrons. The topological polar surface area (TPSA) is 50.1 Å². The fourth-order valence-corrected chi connectivity index (χ4v) is 1.82. The van der Waals surface area contributed by atoms with Crippen LogP contribution >= 0.6 is 23.2 Å². The molecule has 1 aromatic carbocycles. The van der Waals surface area contributed by atoms with Crippen LogP contribution in [0, 0.1) is 11.3 Å². The van der Waals surface area contributed by atoms with Gasteiger partial charge < -0.3 is 4.74 Å². The molecule has 102 valence electrons. The zero-order chi connectivity index (χ0) is 15.3. The molecule has 0 atom stereocenters. The Hall–Kier alpha value is -2.02. The zero-order valence-corrected chi connectivity index (χ0v) is 12.3. The molecule has 0 spiro atoms. The van der Waals surface area contributed by atoms with E-state index in [4.69, 9.17) is 33.2 Å². The van der Waals surface area contributed by atoms with Crippen molar-refractivity contribution >= 4 is 29.0 Å². The van der Waals surface area contributed by atoms with Crippen LogP contribution in [0.5, 0.6) is 0 Å². The second-order valence-corrected chi connectivity index (χ2v) is 4.72. The van der Waals surface area contributed by atoms with Gasteiger partial charge in [0.2, 0.25) is 0 Å². The zero-order valence-electron chi connectivity index (χ0n) is 10.7. The monoisotopic (exact) mass is 307 g/mol. The number of hydrogen-bond donors (Lipinski definition) is 0. The minimum absolute atomic E-state index is 0.148. The molecule has 0 aromatic heterocycles. The fraction of sp³-hybridized carbons (Fsp3) is 0.0667. The summed E-state index contributed by atoms with van der Waals surface area (Å²) in [5.74, 6) is -0.257. The van der Waals surface area contributed by atoms with Crippen LogP contribution in [0.25, 0.3) is 0 Å². The molecule has 0 amide bonds. The lowest BCUT2D eigenvalue weighted by Crippen LogP contribution is -2.07. The third-order valence-corrected chi connectivity index (χ3v) is 2.71. The van der Waals surface area contributed by atoms with Crippen molar-refractivity contribution in [3.8, 4) is 6.07 Å². The largest absolute Gasteiger partial charge is 0.497 e. The third kappa shape index (κ3) is 3.99. The molecule has 5 heteroatoms. The van der Waals surface area contributed by atoms with E-state index in [2.05, 4.69) is 13.2 Å². The van der Waals surface area contributed by atoms with Gasteiger partial charge in [0.15, 0.2) is 5.78 Å². The van der Waals surface area contributed by atoms with Gasteiger partial charge in [-0.25, -0.2) is 0 Å². The summed E-state index contributed by atoms with van der Waals surface area (Å²) >= 11 is 11.6. The summed E-state index contributed by atoms with van der Waals surface area (Å²) < 4.78 is 4.96. The lowest BCUT2D eigenvalue weighted by Gasteiger charge is -2.09. The van der Waals surface area contributed by atoms with Gasteiger partial charge in [-0.1, -0.05) is 36.4 Å². The molecule has 0 saturated heterocycles. The second-order valence-electron chi connectivity index (χ2n) is 3.80. The number of ketones is 1. The Morgan fingerprint density at radius 1 is 1.40 bits per heavy atom. The number of allylic oxidation sites excluding steroid dienone is 3. The summed E-state index contributed by atoms with van der Waals surface area (Å²) in [5, 5.41) is 9.35. The van der Waals surface area contributed by atoms with Gasteiger partial charge >= 0.3 is 0 Å².